The fourth-order valence-electron chi connectivity index (χ4n) is 3.39. The summed E-state index contributed by atoms with van der Waals surface area (Å²) in [6.45, 7) is 1.95. The highest BCUT2D eigenvalue weighted by molar-refractivity contribution is 6.03. The fraction of sp³-hybridized carbons (Fsp3) is 0.375. The molecular formula is C16H17FN4O2. The number of fused-ring (bicyclic) bond motifs is 3. The van der Waals surface area contributed by atoms with E-state index in [1.165, 1.54) is 19.2 Å². The van der Waals surface area contributed by atoms with Crippen LogP contribution in [0, 0.1) is 5.82 Å². The number of benzene rings is 1. The van der Waals surface area contributed by atoms with Gasteiger partial charge in [0.2, 0.25) is 0 Å². The van der Waals surface area contributed by atoms with Gasteiger partial charge in [0.25, 0.3) is 0 Å². The molecule has 0 atom stereocenters. The maximum atomic E-state index is 13.8. The van der Waals surface area contributed by atoms with E-state index in [9.17, 15) is 9.18 Å². The number of carbonyl (C=O) groups excluding carboxylic acids is 1. The second kappa shape index (κ2) is 5.34. The predicted octanol–water partition coefficient (Wildman–Crippen LogP) is 2.21. The molecule has 1 aliphatic heterocycles. The van der Waals surface area contributed by atoms with Gasteiger partial charge < -0.3 is 10.1 Å². The van der Waals surface area contributed by atoms with E-state index >= 15 is 0 Å². The van der Waals surface area contributed by atoms with Gasteiger partial charge in [-0.25, -0.2) is 18.7 Å². The van der Waals surface area contributed by atoms with Crippen LogP contribution in [0.2, 0.25) is 0 Å². The summed E-state index contributed by atoms with van der Waals surface area (Å²) in [5.74, 6) is -0.662. The van der Waals surface area contributed by atoms with Gasteiger partial charge in [0.05, 0.1) is 18.2 Å². The van der Waals surface area contributed by atoms with Crippen molar-refractivity contribution in [3.8, 4) is 0 Å². The molecule has 1 fully saturated rings. The van der Waals surface area contributed by atoms with Gasteiger partial charge in [-0.2, -0.15) is 0 Å². The molecule has 0 amide bonds. The Bertz CT molecular complexity index is 892. The van der Waals surface area contributed by atoms with E-state index in [1.807, 2.05) is 6.20 Å². The molecule has 0 unspecified atom stereocenters. The van der Waals surface area contributed by atoms with Crippen molar-refractivity contribution in [1.82, 2.24) is 19.9 Å². The monoisotopic (exact) mass is 316 g/mol. The smallest absolute Gasteiger partial charge is 0.340 e. The van der Waals surface area contributed by atoms with Crippen LogP contribution in [-0.4, -0.2) is 40.8 Å². The molecule has 6 nitrogen and oxygen atoms in total. The topological polar surface area (TPSA) is 71.4 Å². The molecule has 1 aromatic carbocycles. The van der Waals surface area contributed by atoms with E-state index in [4.69, 9.17) is 4.74 Å². The Morgan fingerprint density at radius 1 is 1.39 bits per heavy atom. The molecule has 2 aromatic heterocycles. The molecule has 1 aliphatic rings. The van der Waals surface area contributed by atoms with Crippen LogP contribution in [0.25, 0.3) is 16.7 Å². The van der Waals surface area contributed by atoms with Gasteiger partial charge in [-0.05, 0) is 37.9 Å². The minimum Gasteiger partial charge on any atom is -0.465 e. The first-order chi connectivity index (χ1) is 11.2. The maximum absolute atomic E-state index is 13.8. The van der Waals surface area contributed by atoms with Crippen molar-refractivity contribution >= 4 is 22.6 Å². The van der Waals surface area contributed by atoms with Gasteiger partial charge in [0.1, 0.15) is 11.3 Å². The number of hydrogen-bond acceptors (Lipinski definition) is 4. The van der Waals surface area contributed by atoms with Crippen LogP contribution in [0.5, 0.6) is 0 Å². The summed E-state index contributed by atoms with van der Waals surface area (Å²) in [6.07, 6.45) is 4.01. The first-order valence-electron chi connectivity index (χ1n) is 7.67. The molecular weight excluding hydrogens is 299 g/mol. The largest absolute Gasteiger partial charge is 0.465 e. The molecule has 0 bridgehead atoms. The number of methoxy groups -OCH3 is 1. The second-order valence-corrected chi connectivity index (χ2v) is 5.84. The summed E-state index contributed by atoms with van der Waals surface area (Å²) in [6, 6.07) is 2.53. The molecule has 3 aromatic rings. The van der Waals surface area contributed by atoms with Crippen molar-refractivity contribution in [2.24, 2.45) is 0 Å². The van der Waals surface area contributed by atoms with Crippen LogP contribution in [0.15, 0.2) is 18.3 Å². The number of carbonyl (C=O) groups is 1. The lowest BCUT2D eigenvalue weighted by molar-refractivity contribution is 0.0602. The van der Waals surface area contributed by atoms with Crippen LogP contribution in [0.1, 0.15) is 34.7 Å². The molecule has 1 saturated heterocycles. The lowest BCUT2D eigenvalue weighted by atomic mass is 9.92. The van der Waals surface area contributed by atoms with Crippen LogP contribution >= 0.6 is 0 Å². The molecule has 7 heteroatoms. The zero-order valence-corrected chi connectivity index (χ0v) is 12.7. The molecule has 0 aliphatic carbocycles. The summed E-state index contributed by atoms with van der Waals surface area (Å²) in [7, 11) is 1.28. The minimum atomic E-state index is -0.575. The SMILES string of the molecule is COC(=O)c1cc(F)cc2nc3c(C4CCNCC4)c[nH]n3c12. The van der Waals surface area contributed by atoms with Gasteiger partial charge in [-0.3, -0.25) is 5.10 Å². The zero-order chi connectivity index (χ0) is 16.0. The number of esters is 1. The lowest BCUT2D eigenvalue weighted by Gasteiger charge is -2.21. The van der Waals surface area contributed by atoms with Crippen LogP contribution < -0.4 is 5.32 Å². The molecule has 0 saturated carbocycles. The quantitative estimate of drug-likeness (QED) is 0.711. The molecule has 23 heavy (non-hydrogen) atoms. The van der Waals surface area contributed by atoms with Crippen molar-refractivity contribution in [2.45, 2.75) is 18.8 Å². The van der Waals surface area contributed by atoms with Gasteiger partial charge in [0.15, 0.2) is 5.65 Å². The number of nitrogens with zero attached hydrogens (tertiary/aromatic N) is 2. The third kappa shape index (κ3) is 2.19. The average Bonchev–Trinajstić information content (AvgIpc) is 3.12. The molecule has 3 heterocycles. The van der Waals surface area contributed by atoms with E-state index in [0.717, 1.165) is 37.1 Å². The number of H-pyrrole nitrogens is 1. The van der Waals surface area contributed by atoms with E-state index < -0.39 is 11.8 Å². The number of imidazole rings is 1. The van der Waals surface area contributed by atoms with Crippen LogP contribution in [-0.2, 0) is 4.74 Å². The average molecular weight is 316 g/mol. The van der Waals surface area contributed by atoms with E-state index in [0.29, 0.717) is 17.0 Å². The summed E-state index contributed by atoms with van der Waals surface area (Å²) in [5.41, 5.74) is 3.04. The number of piperidine rings is 1. The Balaban J connectivity index is 1.94. The highest BCUT2D eigenvalue weighted by atomic mass is 19.1. The summed E-state index contributed by atoms with van der Waals surface area (Å²) in [5, 5.41) is 6.49. The Kier molecular flexibility index (Phi) is 3.30. The Labute approximate surface area is 131 Å². The number of ether oxygens (including phenoxy) is 1. The standard InChI is InChI=1S/C16H17FN4O2/c1-23-16(22)11-6-10(17)7-13-14(11)21-15(20-13)12(8-19-21)9-2-4-18-5-3-9/h6-9,18-19H,2-5H2,1H3. The lowest BCUT2D eigenvalue weighted by Crippen LogP contribution is -2.26. The molecule has 2 N–H and O–H groups in total. The third-order valence-electron chi connectivity index (χ3n) is 4.51. The highest BCUT2D eigenvalue weighted by Crippen LogP contribution is 2.31. The zero-order valence-electron chi connectivity index (χ0n) is 12.7. The van der Waals surface area contributed by atoms with Crippen molar-refractivity contribution in [3.05, 3.63) is 35.3 Å². The van der Waals surface area contributed by atoms with Gasteiger partial charge in [0, 0.05) is 17.8 Å². The number of nitrogens with one attached hydrogen (secondary N) is 2. The first kappa shape index (κ1) is 14.2. The van der Waals surface area contributed by atoms with Crippen LogP contribution in [0.4, 0.5) is 4.39 Å². The Hall–Kier alpha value is -2.41. The first-order valence-corrected chi connectivity index (χ1v) is 7.67. The van der Waals surface area contributed by atoms with Gasteiger partial charge in [-0.15, -0.1) is 0 Å². The number of hydrogen-bond donors (Lipinski definition) is 2. The predicted molar refractivity (Wildman–Crippen MR) is 83.2 cm³/mol. The van der Waals surface area contributed by atoms with Crippen molar-refractivity contribution in [3.63, 3.8) is 0 Å². The number of aromatic nitrogens is 3. The summed E-state index contributed by atoms with van der Waals surface area (Å²) >= 11 is 0. The normalized spacial score (nSPS) is 16.3. The number of rotatable bonds is 2. The van der Waals surface area contributed by atoms with Gasteiger partial charge >= 0.3 is 5.97 Å². The minimum absolute atomic E-state index is 0.175. The van der Waals surface area contributed by atoms with Crippen LogP contribution in [0.3, 0.4) is 0 Å². The number of aromatic amines is 1. The Morgan fingerprint density at radius 2 is 2.17 bits per heavy atom. The fourth-order valence-corrected chi connectivity index (χ4v) is 3.39. The van der Waals surface area contributed by atoms with E-state index in [-0.39, 0.29) is 5.56 Å². The van der Waals surface area contributed by atoms with Crippen molar-refractivity contribution in [2.75, 3.05) is 20.2 Å². The summed E-state index contributed by atoms with van der Waals surface area (Å²) in [4.78, 5) is 16.5. The maximum Gasteiger partial charge on any atom is 0.340 e. The van der Waals surface area contributed by atoms with Crippen molar-refractivity contribution in [1.29, 1.82) is 0 Å². The molecule has 0 radical (unpaired) electrons. The van der Waals surface area contributed by atoms with Gasteiger partial charge in [-0.1, -0.05) is 0 Å². The molecule has 0 spiro atoms. The van der Waals surface area contributed by atoms with E-state index in [2.05, 4.69) is 15.4 Å². The third-order valence-corrected chi connectivity index (χ3v) is 4.51. The van der Waals surface area contributed by atoms with Crippen molar-refractivity contribution < 1.29 is 13.9 Å². The second-order valence-electron chi connectivity index (χ2n) is 5.84. The summed E-state index contributed by atoms with van der Waals surface area (Å²) < 4.78 is 20.3. The molecule has 4 rings (SSSR count). The highest BCUT2D eigenvalue weighted by Gasteiger charge is 2.24. The number of halogens is 1. The Morgan fingerprint density at radius 3 is 2.91 bits per heavy atom. The van der Waals surface area contributed by atoms with E-state index in [1.54, 1.807) is 4.52 Å². The molecule has 120 valence electrons.